The number of carbonyl (C=O) groups excluding carboxylic acids is 1. The van der Waals surface area contributed by atoms with E-state index in [4.69, 9.17) is 32.4 Å². The van der Waals surface area contributed by atoms with Gasteiger partial charge in [0.05, 0.1) is 27.6 Å². The standard InChI is InChI=1S/C23H17Cl2N3O5S/c1-3-27-22(29)21(34-23(27)26-13-4-6-14(32-2)7-5-13)10-15-8-9-20(33-15)16-11-19(28(30)31)18(25)12-17(16)24/h4-12H,3H2,1-2H3/b21-10+,26-23?. The van der Waals surface area contributed by atoms with Crippen molar-refractivity contribution in [2.45, 2.75) is 6.92 Å². The fraction of sp³-hybridized carbons (Fsp3) is 0.130. The van der Waals surface area contributed by atoms with Gasteiger partial charge in [-0.1, -0.05) is 23.2 Å². The van der Waals surface area contributed by atoms with Crippen LogP contribution in [0.3, 0.4) is 0 Å². The van der Waals surface area contributed by atoms with Crippen molar-refractivity contribution in [3.63, 3.8) is 0 Å². The predicted octanol–water partition coefficient (Wildman–Crippen LogP) is 6.79. The highest BCUT2D eigenvalue weighted by Gasteiger charge is 2.32. The fourth-order valence-electron chi connectivity index (χ4n) is 3.21. The lowest BCUT2D eigenvalue weighted by Crippen LogP contribution is -2.28. The van der Waals surface area contributed by atoms with Gasteiger partial charge in [0.2, 0.25) is 0 Å². The van der Waals surface area contributed by atoms with Crippen LogP contribution in [-0.4, -0.2) is 34.6 Å². The van der Waals surface area contributed by atoms with Gasteiger partial charge in [-0.2, -0.15) is 0 Å². The lowest BCUT2D eigenvalue weighted by Gasteiger charge is -2.12. The summed E-state index contributed by atoms with van der Waals surface area (Å²) >= 11 is 13.4. The minimum Gasteiger partial charge on any atom is -0.497 e. The Balaban J connectivity index is 1.63. The zero-order chi connectivity index (χ0) is 24.4. The van der Waals surface area contributed by atoms with Crippen molar-refractivity contribution in [1.29, 1.82) is 0 Å². The second kappa shape index (κ2) is 9.92. The number of furan rings is 1. The van der Waals surface area contributed by atoms with E-state index in [1.807, 2.05) is 6.92 Å². The molecule has 1 fully saturated rings. The van der Waals surface area contributed by atoms with Crippen molar-refractivity contribution < 1.29 is 18.9 Å². The second-order valence-electron chi connectivity index (χ2n) is 7.00. The quantitative estimate of drug-likeness (QED) is 0.202. The van der Waals surface area contributed by atoms with E-state index >= 15 is 0 Å². The molecule has 11 heteroatoms. The summed E-state index contributed by atoms with van der Waals surface area (Å²) < 4.78 is 11.0. The van der Waals surface area contributed by atoms with Crippen molar-refractivity contribution in [3.8, 4) is 17.1 Å². The highest BCUT2D eigenvalue weighted by Crippen LogP contribution is 2.39. The molecule has 2 heterocycles. The summed E-state index contributed by atoms with van der Waals surface area (Å²) in [5.41, 5.74) is 0.733. The first-order chi connectivity index (χ1) is 16.3. The van der Waals surface area contributed by atoms with Crippen LogP contribution in [0.25, 0.3) is 17.4 Å². The Bertz CT molecular complexity index is 1330. The van der Waals surface area contributed by atoms with Gasteiger partial charge < -0.3 is 9.15 Å². The van der Waals surface area contributed by atoms with Crippen LogP contribution in [0.2, 0.25) is 10.0 Å². The molecule has 0 N–H and O–H groups in total. The molecule has 0 spiro atoms. The van der Waals surface area contributed by atoms with E-state index in [0.717, 1.165) is 0 Å². The number of likely N-dealkylation sites (N-methyl/N-ethyl adjacent to an activating group) is 1. The average Bonchev–Trinajstić information content (AvgIpc) is 3.38. The Hall–Kier alpha value is -3.27. The van der Waals surface area contributed by atoms with Gasteiger partial charge in [-0.3, -0.25) is 19.8 Å². The number of nitro benzene ring substituents is 1. The third kappa shape index (κ3) is 4.82. The molecule has 0 saturated carbocycles. The smallest absolute Gasteiger partial charge is 0.288 e. The van der Waals surface area contributed by atoms with E-state index < -0.39 is 4.92 Å². The second-order valence-corrected chi connectivity index (χ2v) is 8.82. The highest BCUT2D eigenvalue weighted by atomic mass is 35.5. The number of methoxy groups -OCH3 is 1. The molecule has 0 unspecified atom stereocenters. The summed E-state index contributed by atoms with van der Waals surface area (Å²) in [6.07, 6.45) is 1.61. The molecule has 0 radical (unpaired) electrons. The van der Waals surface area contributed by atoms with Gasteiger partial charge in [-0.25, -0.2) is 4.99 Å². The Morgan fingerprint density at radius 1 is 1.18 bits per heavy atom. The molecule has 1 aliphatic heterocycles. The van der Waals surface area contributed by atoms with Gasteiger partial charge >= 0.3 is 0 Å². The zero-order valence-corrected chi connectivity index (χ0v) is 20.3. The zero-order valence-electron chi connectivity index (χ0n) is 18.0. The van der Waals surface area contributed by atoms with Crippen LogP contribution in [0.1, 0.15) is 12.7 Å². The molecule has 174 valence electrons. The van der Waals surface area contributed by atoms with Crippen molar-refractivity contribution in [3.05, 3.63) is 79.4 Å². The van der Waals surface area contributed by atoms with Crippen LogP contribution < -0.4 is 4.74 Å². The summed E-state index contributed by atoms with van der Waals surface area (Å²) in [5.74, 6) is 1.22. The number of aliphatic imine (C=N–C) groups is 1. The number of amides is 1. The van der Waals surface area contributed by atoms with Gasteiger partial charge in [0.1, 0.15) is 22.3 Å². The maximum atomic E-state index is 12.9. The third-order valence-corrected chi connectivity index (χ3v) is 6.52. The lowest BCUT2D eigenvalue weighted by molar-refractivity contribution is -0.384. The van der Waals surface area contributed by atoms with Gasteiger partial charge in [0.15, 0.2) is 5.17 Å². The molecule has 8 nitrogen and oxygen atoms in total. The first-order valence-corrected chi connectivity index (χ1v) is 11.6. The van der Waals surface area contributed by atoms with Crippen molar-refractivity contribution in [1.82, 2.24) is 4.90 Å². The monoisotopic (exact) mass is 517 g/mol. The number of hydrogen-bond donors (Lipinski definition) is 0. The van der Waals surface area contributed by atoms with Crippen molar-refractivity contribution >= 4 is 63.5 Å². The number of halogens is 2. The van der Waals surface area contributed by atoms with E-state index in [2.05, 4.69) is 4.99 Å². The molecule has 1 aromatic heterocycles. The maximum absolute atomic E-state index is 12.9. The highest BCUT2D eigenvalue weighted by molar-refractivity contribution is 8.18. The number of ether oxygens (including phenoxy) is 1. The van der Waals surface area contributed by atoms with Gasteiger partial charge in [0, 0.05) is 24.3 Å². The largest absolute Gasteiger partial charge is 0.497 e. The first kappa shape index (κ1) is 23.9. The number of carbonyl (C=O) groups is 1. The first-order valence-electron chi connectivity index (χ1n) is 9.98. The molecule has 3 aromatic rings. The number of benzene rings is 2. The SMILES string of the molecule is CCN1C(=O)/C(=C\c2ccc(-c3cc([N+](=O)[O-])c(Cl)cc3Cl)o2)SC1=Nc1ccc(OC)cc1. The molecule has 34 heavy (non-hydrogen) atoms. The number of amidine groups is 1. The topological polar surface area (TPSA) is 98.2 Å². The van der Waals surface area contributed by atoms with Crippen LogP contribution in [0, 0.1) is 10.1 Å². The summed E-state index contributed by atoms with van der Waals surface area (Å²) in [7, 11) is 1.59. The summed E-state index contributed by atoms with van der Waals surface area (Å²) in [6, 6.07) is 13.0. The van der Waals surface area contributed by atoms with Crippen molar-refractivity contribution in [2.75, 3.05) is 13.7 Å². The number of nitro groups is 1. The number of hydrogen-bond acceptors (Lipinski definition) is 7. The van der Waals surface area contributed by atoms with Crippen LogP contribution in [0.15, 0.2) is 62.8 Å². The number of nitrogens with zero attached hydrogens (tertiary/aromatic N) is 3. The summed E-state index contributed by atoms with van der Waals surface area (Å²) in [6.45, 7) is 2.32. The molecule has 1 amide bonds. The summed E-state index contributed by atoms with van der Waals surface area (Å²) in [5, 5.41) is 11.9. The molecule has 0 aliphatic carbocycles. The van der Waals surface area contributed by atoms with E-state index in [-0.39, 0.29) is 21.6 Å². The average molecular weight is 518 g/mol. The van der Waals surface area contributed by atoms with Gasteiger partial charge in [0.25, 0.3) is 11.6 Å². The molecular formula is C23H17Cl2N3O5S. The Morgan fingerprint density at radius 2 is 1.91 bits per heavy atom. The number of rotatable bonds is 6. The van der Waals surface area contributed by atoms with Crippen LogP contribution in [-0.2, 0) is 4.79 Å². The van der Waals surface area contributed by atoms with Crippen LogP contribution in [0.4, 0.5) is 11.4 Å². The minimum absolute atomic E-state index is 0.0658. The molecule has 0 atom stereocenters. The van der Waals surface area contributed by atoms with E-state index in [1.165, 1.54) is 23.9 Å². The van der Waals surface area contributed by atoms with Gasteiger partial charge in [-0.15, -0.1) is 0 Å². The predicted molar refractivity (Wildman–Crippen MR) is 134 cm³/mol. The third-order valence-electron chi connectivity index (χ3n) is 4.90. The molecular weight excluding hydrogens is 501 g/mol. The Labute approximate surface area is 209 Å². The van der Waals surface area contributed by atoms with Crippen LogP contribution in [0.5, 0.6) is 5.75 Å². The molecule has 4 rings (SSSR count). The molecule has 1 saturated heterocycles. The molecule has 0 bridgehead atoms. The Kier molecular flexibility index (Phi) is 6.97. The Morgan fingerprint density at radius 3 is 2.56 bits per heavy atom. The molecule has 2 aromatic carbocycles. The van der Waals surface area contributed by atoms with Gasteiger partial charge in [-0.05, 0) is 61.2 Å². The lowest BCUT2D eigenvalue weighted by atomic mass is 10.1. The van der Waals surface area contributed by atoms with E-state index in [0.29, 0.717) is 45.1 Å². The van der Waals surface area contributed by atoms with E-state index in [1.54, 1.807) is 54.5 Å². The molecule has 1 aliphatic rings. The normalized spacial score (nSPS) is 16.0. The van der Waals surface area contributed by atoms with E-state index in [9.17, 15) is 14.9 Å². The maximum Gasteiger partial charge on any atom is 0.288 e. The van der Waals surface area contributed by atoms with Crippen molar-refractivity contribution in [2.24, 2.45) is 4.99 Å². The minimum atomic E-state index is -0.592. The van der Waals surface area contributed by atoms with Crippen LogP contribution >= 0.6 is 35.0 Å². The number of thioether (sulfide) groups is 1. The summed E-state index contributed by atoms with van der Waals surface area (Å²) in [4.78, 5) is 30.1. The fourth-order valence-corrected chi connectivity index (χ4v) is 4.80.